The predicted octanol–water partition coefficient (Wildman–Crippen LogP) is 5.97. The third-order valence-electron chi connectivity index (χ3n) is 13.7. The number of aromatic nitrogens is 1. The summed E-state index contributed by atoms with van der Waals surface area (Å²) in [6.45, 7) is 0.587. The van der Waals surface area contributed by atoms with Crippen molar-refractivity contribution in [3.8, 4) is 11.8 Å². The van der Waals surface area contributed by atoms with Crippen molar-refractivity contribution in [2.45, 2.75) is 102 Å². The van der Waals surface area contributed by atoms with Gasteiger partial charge in [-0.05, 0) is 75.1 Å². The van der Waals surface area contributed by atoms with Crippen molar-refractivity contribution < 1.29 is 73.6 Å². The zero-order valence-electron chi connectivity index (χ0n) is 43.2. The zero-order valence-corrected chi connectivity index (χ0v) is 43.2. The smallest absolute Gasteiger partial charge is 0.407 e. The Bertz CT molecular complexity index is 2740. The van der Waals surface area contributed by atoms with Gasteiger partial charge in [0.15, 0.2) is 0 Å². The number of hydrazine groups is 1. The number of rotatable bonds is 21. The van der Waals surface area contributed by atoms with E-state index in [0.717, 1.165) is 50.4 Å². The second-order valence-electron chi connectivity index (χ2n) is 19.8. The van der Waals surface area contributed by atoms with Gasteiger partial charge < -0.3 is 55.8 Å². The molecule has 0 aliphatic carbocycles. The number of carbonyl (C=O) groups excluding carboxylic acids is 4. The summed E-state index contributed by atoms with van der Waals surface area (Å²) in [4.78, 5) is 62.0. The number of benzene rings is 2. The largest absolute Gasteiger partial charge is 0.453 e. The quantitative estimate of drug-likeness (QED) is 0.0215. The Morgan fingerprint density at radius 3 is 1.87 bits per heavy atom. The molecule has 5 atom stereocenters. The van der Waals surface area contributed by atoms with Gasteiger partial charge in [-0.1, -0.05) is 48.2 Å². The van der Waals surface area contributed by atoms with E-state index in [0.29, 0.717) is 69.7 Å². The third kappa shape index (κ3) is 14.5. The van der Waals surface area contributed by atoms with Crippen LogP contribution in [0.15, 0.2) is 85.0 Å². The van der Waals surface area contributed by atoms with Crippen molar-refractivity contribution >= 4 is 41.6 Å². The minimum atomic E-state index is -5.12. The lowest BCUT2D eigenvalue weighted by atomic mass is 9.82. The topological polar surface area (TPSA) is 223 Å². The number of hydrogen-bond acceptors (Lipinski definition) is 14. The summed E-state index contributed by atoms with van der Waals surface area (Å²) < 4.78 is 127. The monoisotopic (exact) mass is 1100 g/mol. The van der Waals surface area contributed by atoms with Crippen molar-refractivity contribution in [2.75, 3.05) is 45.4 Å². The molecule has 3 aromatic rings. The Hall–Kier alpha value is -7.50. The predicted molar refractivity (Wildman–Crippen MR) is 268 cm³/mol. The van der Waals surface area contributed by atoms with Gasteiger partial charge in [0, 0.05) is 73.3 Å². The van der Waals surface area contributed by atoms with Gasteiger partial charge in [0.25, 0.3) is 5.91 Å². The number of carbonyl (C=O) groups is 4. The molecule has 2 bridgehead atoms. The number of amides is 4. The summed E-state index contributed by atoms with van der Waals surface area (Å²) in [6.07, 6.45) is -8.91. The molecule has 2 fully saturated rings. The Kier molecular flexibility index (Phi) is 19.1. The molecule has 4 amide bonds. The number of anilines is 1. The molecule has 0 spiro atoms. The van der Waals surface area contributed by atoms with E-state index >= 15 is 0 Å². The molecule has 1 aromatic heterocycles. The standard InChI is InChI=1S/C52H60F8N10O8/c1-49(2,51(55,56)57)42(65-47(74)76-5)44(72)64-39(19-31-10-7-30(8-11-31)9-12-32-15-18-41(62-22-32)70-26-36-20-37(70)25-69(36)38-28-78-29-38)40(71)27-68(24-33-13-16-34(17-14-33)35(21-61)23-63-46(53)54)67-45(73)43(66-48(75)77-6)50(3,4)52(58,59)60/h7-8,10-11,13-18,21-23,25,36,38-40,42-43,46,61,63,71H,19-20,24,26-29H2,1-6H3,(H,64,72)(H,65,74)(H,66,75)(H,67,73)/b35-23+,61-21?/t36?,39-,40-,42?,43+/m0/s1. The lowest BCUT2D eigenvalue weighted by Gasteiger charge is -2.40. The number of hydrogen-bond donors (Lipinski definition) is 7. The second-order valence-corrected chi connectivity index (χ2v) is 19.8. The normalized spacial score (nSPS) is 17.4. The van der Waals surface area contributed by atoms with Gasteiger partial charge in [-0.3, -0.25) is 15.0 Å². The molecule has 78 heavy (non-hydrogen) atoms. The Balaban J connectivity index is 1.29. The molecule has 2 aromatic carbocycles. The van der Waals surface area contributed by atoms with Crippen LogP contribution in [-0.2, 0) is 36.8 Å². The highest BCUT2D eigenvalue weighted by Gasteiger charge is 2.57. The molecule has 3 aliphatic rings. The number of alkyl carbamates (subject to hydrolysis) is 2. The highest BCUT2D eigenvalue weighted by molar-refractivity contribution is 6.08. The van der Waals surface area contributed by atoms with E-state index in [2.05, 4.69) is 53.0 Å². The van der Waals surface area contributed by atoms with E-state index in [1.54, 1.807) is 35.8 Å². The first kappa shape index (κ1) is 59.7. The molecule has 2 saturated heterocycles. The Morgan fingerprint density at radius 2 is 1.38 bits per heavy atom. The van der Waals surface area contributed by atoms with Gasteiger partial charge in [-0.15, -0.1) is 0 Å². The number of aliphatic hydroxyl groups is 1. The lowest BCUT2D eigenvalue weighted by molar-refractivity contribution is -0.221. The number of methoxy groups -OCH3 is 2. The molecule has 18 nitrogen and oxygen atoms in total. The number of alkyl halides is 8. The Morgan fingerprint density at radius 1 is 0.821 bits per heavy atom. The molecule has 0 saturated carbocycles. The van der Waals surface area contributed by atoms with Crippen LogP contribution in [0.5, 0.6) is 0 Å². The van der Waals surface area contributed by atoms with Gasteiger partial charge in [0.1, 0.15) is 17.9 Å². The van der Waals surface area contributed by atoms with E-state index in [-0.39, 0.29) is 23.1 Å². The number of nitrogens with zero attached hydrogens (tertiary/aromatic N) is 4. The van der Waals surface area contributed by atoms with Crippen molar-refractivity contribution in [2.24, 2.45) is 10.8 Å². The summed E-state index contributed by atoms with van der Waals surface area (Å²) in [7, 11) is 1.71. The maximum atomic E-state index is 14.5. The maximum absolute atomic E-state index is 14.5. The highest BCUT2D eigenvalue weighted by atomic mass is 19.4. The zero-order chi connectivity index (χ0) is 57.3. The fraction of sp³-hybridized carbons (Fsp3) is 0.462. The Labute approximate surface area is 444 Å². The van der Waals surface area contributed by atoms with Crippen LogP contribution in [0.3, 0.4) is 0 Å². The van der Waals surface area contributed by atoms with Gasteiger partial charge >= 0.3 is 31.1 Å². The minimum Gasteiger partial charge on any atom is -0.453 e. The maximum Gasteiger partial charge on any atom is 0.407 e. The van der Waals surface area contributed by atoms with Crippen LogP contribution >= 0.6 is 0 Å². The summed E-state index contributed by atoms with van der Waals surface area (Å²) >= 11 is 0. The van der Waals surface area contributed by atoms with E-state index in [1.165, 1.54) is 30.0 Å². The summed E-state index contributed by atoms with van der Waals surface area (Å²) in [5.41, 5.74) is -0.470. The molecule has 422 valence electrons. The molecule has 3 aliphatic heterocycles. The molecule has 4 heterocycles. The van der Waals surface area contributed by atoms with Gasteiger partial charge in [-0.25, -0.2) is 19.6 Å². The molecule has 0 radical (unpaired) electrons. The van der Waals surface area contributed by atoms with Crippen LogP contribution in [0.1, 0.15) is 61.9 Å². The van der Waals surface area contributed by atoms with Gasteiger partial charge in [0.2, 0.25) is 5.91 Å². The number of fused-ring (bicyclic) bond motifs is 2. The van der Waals surface area contributed by atoms with E-state index in [9.17, 15) is 59.4 Å². The number of halogens is 8. The molecule has 2 unspecified atom stereocenters. The lowest BCUT2D eigenvalue weighted by Crippen LogP contribution is -2.63. The number of nitrogens with one attached hydrogen (secondary N) is 6. The molecule has 7 N–H and O–H groups in total. The third-order valence-corrected chi connectivity index (χ3v) is 13.7. The summed E-state index contributed by atoms with van der Waals surface area (Å²) in [5, 5.41) is 28.6. The van der Waals surface area contributed by atoms with Gasteiger partial charge in [0.05, 0.1) is 62.5 Å². The number of pyridine rings is 1. The van der Waals surface area contributed by atoms with Crippen molar-refractivity contribution in [3.05, 3.63) is 113 Å². The first-order valence-electron chi connectivity index (χ1n) is 24.3. The average Bonchev–Trinajstić information content (AvgIpc) is 4.02. The fourth-order valence-corrected chi connectivity index (χ4v) is 8.61. The number of allylic oxidation sites excluding steroid dienone is 1. The SMILES string of the molecule is COC(=O)NC(C(=O)N[C@@H](Cc1ccc(C#Cc2ccc(N3CC4CC3=CN4C3COC3)nc2)cc1)[C@@H](O)CN(Cc1ccc(/C(C=N)=C/NC(F)F)cc1)NC(=O)[C@@H](NC(=O)OC)C(C)(C)C(F)(F)F)C(C)(C)C(F)(F)F. The van der Waals surface area contributed by atoms with Crippen molar-refractivity contribution in [1.29, 1.82) is 5.41 Å². The second kappa shape index (κ2) is 24.9. The molecular formula is C52H60F8N10O8. The minimum absolute atomic E-state index is 0.0121. The van der Waals surface area contributed by atoms with E-state index < -0.39 is 91.1 Å². The highest BCUT2D eigenvalue weighted by Crippen LogP contribution is 2.42. The van der Waals surface area contributed by atoms with Crippen LogP contribution < -0.4 is 31.6 Å². The fourth-order valence-electron chi connectivity index (χ4n) is 8.61. The van der Waals surface area contributed by atoms with Crippen molar-refractivity contribution in [1.82, 2.24) is 41.6 Å². The number of aliphatic hydroxyl groups excluding tert-OH is 1. The van der Waals surface area contributed by atoms with Crippen LogP contribution in [0.25, 0.3) is 5.57 Å². The molecular weight excluding hydrogens is 1040 g/mol. The van der Waals surface area contributed by atoms with Crippen LogP contribution in [0, 0.1) is 28.1 Å². The van der Waals surface area contributed by atoms with Crippen molar-refractivity contribution in [3.63, 3.8) is 0 Å². The van der Waals surface area contributed by atoms with Gasteiger partial charge in [-0.2, -0.15) is 35.1 Å². The van der Waals surface area contributed by atoms with E-state index in [1.807, 2.05) is 22.8 Å². The van der Waals surface area contributed by atoms with Crippen LogP contribution in [0.4, 0.5) is 50.5 Å². The van der Waals surface area contributed by atoms with E-state index in [4.69, 9.17) is 10.1 Å². The number of ether oxygens (including phenoxy) is 3. The van der Waals surface area contributed by atoms with Crippen LogP contribution in [-0.4, -0.2) is 146 Å². The summed E-state index contributed by atoms with van der Waals surface area (Å²) in [6, 6.07) is 10.0. The van der Waals surface area contributed by atoms with Crippen LogP contribution in [0.2, 0.25) is 0 Å². The molecule has 26 heteroatoms. The first-order valence-corrected chi connectivity index (χ1v) is 24.3. The average molecular weight is 1110 g/mol. The molecule has 6 rings (SSSR count). The first-order chi connectivity index (χ1) is 36.6. The summed E-state index contributed by atoms with van der Waals surface area (Å²) in [5.74, 6) is 3.96.